The van der Waals surface area contributed by atoms with Crippen molar-refractivity contribution in [3.05, 3.63) is 58.9 Å². The molecule has 3 nitrogen and oxygen atoms in total. The summed E-state index contributed by atoms with van der Waals surface area (Å²) < 4.78 is 14.9. The summed E-state index contributed by atoms with van der Waals surface area (Å²) in [6.45, 7) is 8.24. The Kier molecular flexibility index (Phi) is 4.31. The highest BCUT2D eigenvalue weighted by Crippen LogP contribution is 2.46. The zero-order valence-electron chi connectivity index (χ0n) is 15.1. The van der Waals surface area contributed by atoms with Gasteiger partial charge >= 0.3 is 6.09 Å². The molecule has 3 rings (SSSR count). The lowest BCUT2D eigenvalue weighted by Crippen LogP contribution is -2.34. The average molecular weight is 341 g/mol. The predicted octanol–water partition coefficient (Wildman–Crippen LogP) is 5.51. The summed E-state index contributed by atoms with van der Waals surface area (Å²) in [6.07, 6.45) is -0.371. The fourth-order valence-corrected chi connectivity index (χ4v) is 3.75. The van der Waals surface area contributed by atoms with Gasteiger partial charge in [-0.2, -0.15) is 0 Å². The van der Waals surface area contributed by atoms with E-state index in [2.05, 4.69) is 25.2 Å². The van der Waals surface area contributed by atoms with Gasteiger partial charge < -0.3 is 10.4 Å². The van der Waals surface area contributed by atoms with E-state index in [4.69, 9.17) is 5.11 Å². The van der Waals surface area contributed by atoms with Crippen molar-refractivity contribution in [2.24, 2.45) is 5.41 Å². The Morgan fingerprint density at radius 3 is 2.64 bits per heavy atom. The van der Waals surface area contributed by atoms with Crippen LogP contribution >= 0.6 is 0 Å². The van der Waals surface area contributed by atoms with Crippen LogP contribution in [0.25, 0.3) is 11.1 Å². The van der Waals surface area contributed by atoms with Crippen LogP contribution in [0, 0.1) is 11.2 Å². The van der Waals surface area contributed by atoms with Crippen molar-refractivity contribution in [3.63, 3.8) is 0 Å². The summed E-state index contributed by atoms with van der Waals surface area (Å²) in [7, 11) is 0. The summed E-state index contributed by atoms with van der Waals surface area (Å²) >= 11 is 0. The smallest absolute Gasteiger partial charge is 0.405 e. The minimum atomic E-state index is -1.08. The Hall–Kier alpha value is -2.36. The molecule has 4 heteroatoms. The van der Waals surface area contributed by atoms with Gasteiger partial charge in [-0.1, -0.05) is 52.0 Å². The molecule has 0 fully saturated rings. The maximum atomic E-state index is 14.9. The first-order valence-corrected chi connectivity index (χ1v) is 8.61. The average Bonchev–Trinajstić information content (AvgIpc) is 2.76. The van der Waals surface area contributed by atoms with Crippen LogP contribution < -0.4 is 5.32 Å². The molecule has 0 aromatic heterocycles. The third-order valence-corrected chi connectivity index (χ3v) is 5.10. The number of fused-ring (bicyclic) bond motifs is 1. The number of hydrogen-bond donors (Lipinski definition) is 2. The van der Waals surface area contributed by atoms with E-state index >= 15 is 0 Å². The van der Waals surface area contributed by atoms with Crippen LogP contribution in [0.4, 0.5) is 9.18 Å². The van der Waals surface area contributed by atoms with Crippen molar-refractivity contribution in [1.82, 2.24) is 5.32 Å². The van der Waals surface area contributed by atoms with Gasteiger partial charge in [0.25, 0.3) is 0 Å². The molecule has 1 aliphatic rings. The van der Waals surface area contributed by atoms with E-state index < -0.39 is 12.1 Å². The maximum Gasteiger partial charge on any atom is 0.405 e. The van der Waals surface area contributed by atoms with Gasteiger partial charge in [0.05, 0.1) is 6.04 Å². The molecule has 1 amide bonds. The largest absolute Gasteiger partial charge is 0.465 e. The van der Waals surface area contributed by atoms with Gasteiger partial charge in [-0.25, -0.2) is 9.18 Å². The fraction of sp³-hybridized carbons (Fsp3) is 0.381. The number of halogens is 1. The van der Waals surface area contributed by atoms with E-state index in [0.717, 1.165) is 16.7 Å². The first-order valence-electron chi connectivity index (χ1n) is 8.61. The summed E-state index contributed by atoms with van der Waals surface area (Å²) in [4.78, 5) is 11.1. The normalized spacial score (nSPS) is 18.2. The predicted molar refractivity (Wildman–Crippen MR) is 97.3 cm³/mol. The Balaban J connectivity index is 2.07. The van der Waals surface area contributed by atoms with Crippen LogP contribution in [0.15, 0.2) is 36.4 Å². The molecule has 1 atom stereocenters. The highest BCUT2D eigenvalue weighted by Gasteiger charge is 2.40. The number of benzene rings is 2. The van der Waals surface area contributed by atoms with E-state index in [-0.39, 0.29) is 11.2 Å². The third-order valence-electron chi connectivity index (χ3n) is 5.10. The molecule has 0 bridgehead atoms. The van der Waals surface area contributed by atoms with Crippen molar-refractivity contribution in [3.8, 4) is 11.1 Å². The molecule has 2 N–H and O–H groups in total. The lowest BCUT2D eigenvalue weighted by molar-refractivity contribution is 0.175. The van der Waals surface area contributed by atoms with E-state index in [9.17, 15) is 9.18 Å². The highest BCUT2D eigenvalue weighted by atomic mass is 19.1. The minimum Gasteiger partial charge on any atom is -0.465 e. The van der Waals surface area contributed by atoms with Crippen molar-refractivity contribution in [1.29, 1.82) is 0 Å². The lowest BCUT2D eigenvalue weighted by Gasteiger charge is -2.27. The number of nitrogens with one attached hydrogen (secondary N) is 1. The molecule has 2 aromatic carbocycles. The molecule has 0 spiro atoms. The lowest BCUT2D eigenvalue weighted by atomic mass is 9.85. The number of amides is 1. The second kappa shape index (κ2) is 6.17. The zero-order chi connectivity index (χ0) is 18.4. The van der Waals surface area contributed by atoms with Gasteiger partial charge in [-0.3, -0.25) is 0 Å². The van der Waals surface area contributed by atoms with Crippen molar-refractivity contribution in [2.75, 3.05) is 0 Å². The molecule has 0 saturated heterocycles. The van der Waals surface area contributed by atoms with Crippen LogP contribution in [0.3, 0.4) is 0 Å². The summed E-state index contributed by atoms with van der Waals surface area (Å²) in [5.41, 5.74) is 4.07. The van der Waals surface area contributed by atoms with E-state index in [0.29, 0.717) is 17.9 Å². The molecule has 1 aliphatic carbocycles. The SMILES string of the molecule is CC(C)c1cccc(-c2cc3c(cc2F)C(NC(=O)O)C(C)(C)C3)c1. The Morgan fingerprint density at radius 2 is 2.00 bits per heavy atom. The van der Waals surface area contributed by atoms with Crippen molar-refractivity contribution >= 4 is 6.09 Å². The molecule has 1 unspecified atom stereocenters. The van der Waals surface area contributed by atoms with E-state index in [1.807, 2.05) is 38.1 Å². The first kappa shape index (κ1) is 17.5. The summed E-state index contributed by atoms with van der Waals surface area (Å²) in [5, 5.41) is 11.7. The quantitative estimate of drug-likeness (QED) is 0.773. The molecule has 0 saturated carbocycles. The number of rotatable bonds is 3. The second-order valence-electron chi connectivity index (χ2n) is 7.86. The topological polar surface area (TPSA) is 49.3 Å². The van der Waals surface area contributed by atoms with E-state index in [1.165, 1.54) is 11.6 Å². The summed E-state index contributed by atoms with van der Waals surface area (Å²) in [5.74, 6) is 0.0649. The number of hydrogen-bond acceptors (Lipinski definition) is 1. The molecule has 2 aromatic rings. The number of carbonyl (C=O) groups is 1. The van der Waals surface area contributed by atoms with Crippen LogP contribution in [0.2, 0.25) is 0 Å². The standard InChI is InChI=1S/C21H24FNO2/c1-12(2)13-6-5-7-14(8-13)16-9-15-11-21(3,4)19(23-20(24)25)17(15)10-18(16)22/h5-10,12,19,23H,11H2,1-4H3,(H,24,25). The third kappa shape index (κ3) is 3.26. The summed E-state index contributed by atoms with van der Waals surface area (Å²) in [6, 6.07) is 10.9. The van der Waals surface area contributed by atoms with Gasteiger partial charge in [0.1, 0.15) is 5.82 Å². The Bertz CT molecular complexity index is 827. The molecule has 25 heavy (non-hydrogen) atoms. The fourth-order valence-electron chi connectivity index (χ4n) is 3.75. The molecular weight excluding hydrogens is 317 g/mol. The van der Waals surface area contributed by atoms with Gasteiger partial charge in [0.2, 0.25) is 0 Å². The van der Waals surface area contributed by atoms with Crippen LogP contribution in [0.1, 0.15) is 56.3 Å². The van der Waals surface area contributed by atoms with Gasteiger partial charge in [0.15, 0.2) is 0 Å². The van der Waals surface area contributed by atoms with Crippen LogP contribution in [-0.2, 0) is 6.42 Å². The van der Waals surface area contributed by atoms with Gasteiger partial charge in [-0.15, -0.1) is 0 Å². The Morgan fingerprint density at radius 1 is 1.28 bits per heavy atom. The highest BCUT2D eigenvalue weighted by molar-refractivity contribution is 5.69. The molecule has 0 radical (unpaired) electrons. The maximum absolute atomic E-state index is 14.9. The Labute approximate surface area is 147 Å². The zero-order valence-corrected chi connectivity index (χ0v) is 15.1. The van der Waals surface area contributed by atoms with Crippen molar-refractivity contribution < 1.29 is 14.3 Å². The van der Waals surface area contributed by atoms with Crippen molar-refractivity contribution in [2.45, 2.75) is 46.1 Å². The molecule has 0 aliphatic heterocycles. The van der Waals surface area contributed by atoms with Gasteiger partial charge in [0, 0.05) is 5.56 Å². The van der Waals surface area contributed by atoms with E-state index in [1.54, 1.807) is 0 Å². The molecular formula is C21H24FNO2. The van der Waals surface area contributed by atoms with Gasteiger partial charge in [-0.05, 0) is 52.1 Å². The minimum absolute atomic E-state index is 0.286. The molecule has 0 heterocycles. The second-order valence-corrected chi connectivity index (χ2v) is 7.86. The first-order chi connectivity index (χ1) is 11.7. The van der Waals surface area contributed by atoms with Crippen LogP contribution in [0.5, 0.6) is 0 Å². The number of carboxylic acid groups (broad SMARTS) is 1. The molecule has 132 valence electrons. The van der Waals surface area contributed by atoms with Crippen LogP contribution in [-0.4, -0.2) is 11.2 Å². The monoisotopic (exact) mass is 341 g/mol.